The molecule has 7 heteroatoms. The second kappa shape index (κ2) is 9.71. The van der Waals surface area contributed by atoms with Crippen molar-refractivity contribution in [3.05, 3.63) is 58.9 Å². The Hall–Kier alpha value is -2.38. The molecule has 0 N–H and O–H groups in total. The third kappa shape index (κ3) is 5.33. The Balaban J connectivity index is 1.79. The number of carbonyl (C=O) groups excluding carboxylic acids is 2. The standard InChI is InChI=1S/C21H22N2O3S2/c1-15-8-9-17-18(14-15)28-21(23(17)12-10-20(25)26-2)22-19(24)11-13-27-16-6-4-3-5-7-16/h3-9,14H,10-13H2,1-2H3. The molecule has 0 aliphatic heterocycles. The van der Waals surface area contributed by atoms with Crippen molar-refractivity contribution in [3.63, 3.8) is 0 Å². The molecule has 0 saturated carbocycles. The van der Waals surface area contributed by atoms with E-state index < -0.39 is 0 Å². The van der Waals surface area contributed by atoms with Gasteiger partial charge in [0.05, 0.1) is 23.7 Å². The monoisotopic (exact) mass is 414 g/mol. The van der Waals surface area contributed by atoms with E-state index in [1.165, 1.54) is 18.4 Å². The molecule has 0 bridgehead atoms. The van der Waals surface area contributed by atoms with E-state index in [4.69, 9.17) is 4.74 Å². The Morgan fingerprint density at radius 3 is 2.68 bits per heavy atom. The van der Waals surface area contributed by atoms with E-state index in [-0.39, 0.29) is 18.3 Å². The van der Waals surface area contributed by atoms with E-state index in [1.807, 2.05) is 54.0 Å². The highest BCUT2D eigenvalue weighted by Crippen LogP contribution is 2.20. The fraction of sp³-hybridized carbons (Fsp3) is 0.286. The van der Waals surface area contributed by atoms with Gasteiger partial charge in [-0.15, -0.1) is 11.8 Å². The number of amides is 1. The first kappa shape index (κ1) is 20.4. The maximum atomic E-state index is 12.4. The number of thiazole rings is 1. The molecular weight excluding hydrogens is 392 g/mol. The SMILES string of the molecule is COC(=O)CCn1c(=NC(=O)CCSc2ccccc2)sc2cc(C)ccc21. The third-order valence-electron chi connectivity index (χ3n) is 4.15. The second-order valence-corrected chi connectivity index (χ2v) is 8.43. The van der Waals surface area contributed by atoms with Crippen LogP contribution in [0.15, 0.2) is 58.4 Å². The number of aryl methyl sites for hydroxylation is 2. The molecule has 1 heterocycles. The van der Waals surface area contributed by atoms with Gasteiger partial charge in [-0.1, -0.05) is 35.6 Å². The first-order valence-electron chi connectivity index (χ1n) is 8.99. The van der Waals surface area contributed by atoms with E-state index in [1.54, 1.807) is 11.8 Å². The van der Waals surface area contributed by atoms with E-state index in [0.717, 1.165) is 20.7 Å². The van der Waals surface area contributed by atoms with Crippen molar-refractivity contribution in [1.29, 1.82) is 0 Å². The first-order valence-corrected chi connectivity index (χ1v) is 10.8. The summed E-state index contributed by atoms with van der Waals surface area (Å²) in [6.45, 7) is 2.46. The number of nitrogens with zero attached hydrogens (tertiary/aromatic N) is 2. The van der Waals surface area contributed by atoms with Crippen LogP contribution in [-0.2, 0) is 20.9 Å². The zero-order valence-electron chi connectivity index (χ0n) is 15.9. The number of aromatic nitrogens is 1. The second-order valence-electron chi connectivity index (χ2n) is 6.25. The third-order valence-corrected chi connectivity index (χ3v) is 6.21. The highest BCUT2D eigenvalue weighted by atomic mass is 32.2. The van der Waals surface area contributed by atoms with Crippen LogP contribution in [0.5, 0.6) is 0 Å². The minimum atomic E-state index is -0.282. The predicted octanol–water partition coefficient (Wildman–Crippen LogP) is 4.18. The molecule has 28 heavy (non-hydrogen) atoms. The van der Waals surface area contributed by atoms with Crippen molar-refractivity contribution in [2.75, 3.05) is 12.9 Å². The topological polar surface area (TPSA) is 60.7 Å². The van der Waals surface area contributed by atoms with Crippen LogP contribution in [0.3, 0.4) is 0 Å². The number of fused-ring (bicyclic) bond motifs is 1. The Morgan fingerprint density at radius 2 is 1.93 bits per heavy atom. The van der Waals surface area contributed by atoms with Crippen LogP contribution in [0.2, 0.25) is 0 Å². The van der Waals surface area contributed by atoms with Crippen LogP contribution in [0.4, 0.5) is 0 Å². The summed E-state index contributed by atoms with van der Waals surface area (Å²) in [5, 5.41) is 0. The first-order chi connectivity index (χ1) is 13.6. The Morgan fingerprint density at radius 1 is 1.14 bits per heavy atom. The maximum absolute atomic E-state index is 12.4. The molecule has 2 aromatic carbocycles. The molecule has 3 rings (SSSR count). The number of thioether (sulfide) groups is 1. The fourth-order valence-electron chi connectivity index (χ4n) is 2.72. The average Bonchev–Trinajstić information content (AvgIpc) is 3.02. The molecule has 0 fully saturated rings. The molecule has 0 radical (unpaired) electrons. The van der Waals surface area contributed by atoms with Crippen LogP contribution >= 0.6 is 23.1 Å². The molecule has 1 aromatic heterocycles. The number of ether oxygens (including phenoxy) is 1. The number of hydrogen-bond acceptors (Lipinski definition) is 5. The summed E-state index contributed by atoms with van der Waals surface area (Å²) in [4.78, 5) is 30.1. The van der Waals surface area contributed by atoms with Gasteiger partial charge in [0.1, 0.15) is 0 Å². The van der Waals surface area contributed by atoms with Crippen molar-refractivity contribution < 1.29 is 14.3 Å². The van der Waals surface area contributed by atoms with E-state index >= 15 is 0 Å². The minimum Gasteiger partial charge on any atom is -0.469 e. The lowest BCUT2D eigenvalue weighted by molar-refractivity contribution is -0.140. The normalized spacial score (nSPS) is 11.7. The van der Waals surface area contributed by atoms with Gasteiger partial charge in [0.15, 0.2) is 4.80 Å². The molecule has 0 aliphatic rings. The van der Waals surface area contributed by atoms with Crippen molar-refractivity contribution >= 4 is 45.2 Å². The van der Waals surface area contributed by atoms with Crippen LogP contribution in [0.25, 0.3) is 10.2 Å². The van der Waals surface area contributed by atoms with Gasteiger partial charge < -0.3 is 9.30 Å². The summed E-state index contributed by atoms with van der Waals surface area (Å²) in [6.07, 6.45) is 0.602. The Kier molecular flexibility index (Phi) is 7.06. The van der Waals surface area contributed by atoms with Crippen molar-refractivity contribution in [2.45, 2.75) is 31.2 Å². The fourth-order valence-corrected chi connectivity index (χ4v) is 4.76. The van der Waals surface area contributed by atoms with Gasteiger partial charge in [-0.3, -0.25) is 9.59 Å². The molecule has 0 spiro atoms. The lowest BCUT2D eigenvalue weighted by atomic mass is 10.2. The molecule has 0 atom stereocenters. The summed E-state index contributed by atoms with van der Waals surface area (Å²) in [7, 11) is 1.38. The van der Waals surface area contributed by atoms with E-state index in [9.17, 15) is 9.59 Å². The lowest BCUT2D eigenvalue weighted by Gasteiger charge is -2.04. The smallest absolute Gasteiger partial charge is 0.307 e. The van der Waals surface area contributed by atoms with Gasteiger partial charge in [-0.05, 0) is 36.8 Å². The van der Waals surface area contributed by atoms with Crippen molar-refractivity contribution in [1.82, 2.24) is 4.57 Å². The Bertz CT molecular complexity index is 1040. The zero-order chi connectivity index (χ0) is 19.9. The molecule has 3 aromatic rings. The summed E-state index contributed by atoms with van der Waals surface area (Å²) in [5.74, 6) is 0.243. The van der Waals surface area contributed by atoms with Crippen LogP contribution in [-0.4, -0.2) is 29.3 Å². The molecule has 0 saturated heterocycles. The number of rotatable bonds is 7. The number of esters is 1. The average molecular weight is 415 g/mol. The minimum absolute atomic E-state index is 0.154. The molecule has 146 valence electrons. The summed E-state index contributed by atoms with van der Waals surface area (Å²) < 4.78 is 7.73. The maximum Gasteiger partial charge on any atom is 0.307 e. The Labute approximate surface area is 172 Å². The number of hydrogen-bond donors (Lipinski definition) is 0. The quantitative estimate of drug-likeness (QED) is 0.430. The molecular formula is C21H22N2O3S2. The van der Waals surface area contributed by atoms with Gasteiger partial charge >= 0.3 is 5.97 Å². The molecule has 5 nitrogen and oxygen atoms in total. The number of benzene rings is 2. The van der Waals surface area contributed by atoms with Crippen LogP contribution in [0.1, 0.15) is 18.4 Å². The van der Waals surface area contributed by atoms with E-state index in [0.29, 0.717) is 23.5 Å². The van der Waals surface area contributed by atoms with Crippen LogP contribution < -0.4 is 4.80 Å². The highest BCUT2D eigenvalue weighted by Gasteiger charge is 2.10. The van der Waals surface area contributed by atoms with Crippen LogP contribution in [0, 0.1) is 6.92 Å². The number of methoxy groups -OCH3 is 1. The molecule has 1 amide bonds. The van der Waals surface area contributed by atoms with Crippen molar-refractivity contribution in [3.8, 4) is 0 Å². The van der Waals surface area contributed by atoms with Crippen molar-refractivity contribution in [2.24, 2.45) is 4.99 Å². The molecule has 0 aliphatic carbocycles. The summed E-state index contributed by atoms with van der Waals surface area (Å²) in [6, 6.07) is 16.1. The molecule has 0 unspecified atom stereocenters. The van der Waals surface area contributed by atoms with Gasteiger partial charge in [0, 0.05) is 23.6 Å². The highest BCUT2D eigenvalue weighted by molar-refractivity contribution is 7.99. The van der Waals surface area contributed by atoms with Gasteiger partial charge in [-0.2, -0.15) is 4.99 Å². The lowest BCUT2D eigenvalue weighted by Crippen LogP contribution is -2.19. The van der Waals surface area contributed by atoms with Gasteiger partial charge in [0.2, 0.25) is 5.91 Å². The van der Waals surface area contributed by atoms with E-state index in [2.05, 4.69) is 11.1 Å². The summed E-state index contributed by atoms with van der Waals surface area (Å²) in [5.41, 5.74) is 2.12. The van der Waals surface area contributed by atoms with Gasteiger partial charge in [-0.25, -0.2) is 0 Å². The largest absolute Gasteiger partial charge is 0.469 e. The zero-order valence-corrected chi connectivity index (χ0v) is 17.5. The van der Waals surface area contributed by atoms with Gasteiger partial charge in [0.25, 0.3) is 0 Å². The predicted molar refractivity (Wildman–Crippen MR) is 114 cm³/mol. The summed E-state index contributed by atoms with van der Waals surface area (Å²) >= 11 is 3.11. The number of carbonyl (C=O) groups is 2.